The van der Waals surface area contributed by atoms with Crippen LogP contribution in [0.4, 0.5) is 0 Å². The number of aryl methyl sites for hydroxylation is 2. The lowest BCUT2D eigenvalue weighted by molar-refractivity contribution is 0.0737. The molecule has 3 aromatic heterocycles. The monoisotopic (exact) mass is 551 g/mol. The smallest absolute Gasteiger partial charge is 0.273 e. The number of hydrogen-bond donors (Lipinski definition) is 2. The molecule has 2 N–H and O–H groups in total. The minimum Gasteiger partial charge on any atom is -0.384 e. The van der Waals surface area contributed by atoms with Gasteiger partial charge in [0.05, 0.1) is 23.3 Å². The van der Waals surface area contributed by atoms with Crippen LogP contribution in [-0.2, 0) is 31.5 Å². The number of carbonyl (C=O) groups excluding carboxylic acids is 1. The first-order chi connectivity index (χ1) is 17.3. The molecule has 0 atom stereocenters. The van der Waals surface area contributed by atoms with Gasteiger partial charge in [-0.05, 0) is 75.1 Å². The van der Waals surface area contributed by atoms with Gasteiger partial charge in [-0.3, -0.25) is 14.5 Å². The Morgan fingerprint density at radius 3 is 2.78 bits per heavy atom. The third kappa shape index (κ3) is 5.70. The van der Waals surface area contributed by atoms with Crippen molar-refractivity contribution in [2.75, 3.05) is 0 Å². The molecule has 9 nitrogen and oxygen atoms in total. The van der Waals surface area contributed by atoms with E-state index in [9.17, 15) is 9.90 Å². The lowest BCUT2D eigenvalue weighted by Crippen LogP contribution is -2.23. The van der Waals surface area contributed by atoms with Crippen LogP contribution in [0.15, 0.2) is 36.2 Å². The van der Waals surface area contributed by atoms with Gasteiger partial charge in [-0.2, -0.15) is 10.2 Å². The van der Waals surface area contributed by atoms with Crippen LogP contribution in [0, 0.1) is 5.92 Å². The van der Waals surface area contributed by atoms with Gasteiger partial charge in [0.15, 0.2) is 5.69 Å². The number of nitrogens with one attached hydrogen (secondary N) is 1. The largest absolute Gasteiger partial charge is 0.384 e. The SMILES string of the molecule is CC(C)(O)c1ccc(CNC(=O)c2cn(CCCCc3cc4c(nn3)CC(C3CC3)=C4Br)nn2)cn1. The Morgan fingerprint density at radius 2 is 2.06 bits per heavy atom. The van der Waals surface area contributed by atoms with Crippen molar-refractivity contribution >= 4 is 26.3 Å². The number of pyridine rings is 1. The number of amides is 1. The van der Waals surface area contributed by atoms with Gasteiger partial charge in [-0.15, -0.1) is 5.10 Å². The molecule has 0 saturated heterocycles. The van der Waals surface area contributed by atoms with Crippen LogP contribution in [0.2, 0.25) is 0 Å². The number of nitrogens with zero attached hydrogens (tertiary/aromatic N) is 6. The predicted molar refractivity (Wildman–Crippen MR) is 138 cm³/mol. The van der Waals surface area contributed by atoms with Crippen molar-refractivity contribution in [3.05, 3.63) is 70.1 Å². The molecule has 5 rings (SSSR count). The minimum absolute atomic E-state index is 0.281. The number of fused-ring (bicyclic) bond motifs is 1. The molecule has 3 aromatic rings. The second kappa shape index (κ2) is 10.2. The number of allylic oxidation sites excluding steroid dienone is 1. The van der Waals surface area contributed by atoms with Crippen molar-refractivity contribution in [2.45, 2.75) is 71.1 Å². The Morgan fingerprint density at radius 1 is 1.22 bits per heavy atom. The maximum Gasteiger partial charge on any atom is 0.273 e. The highest BCUT2D eigenvalue weighted by Gasteiger charge is 2.33. The summed E-state index contributed by atoms with van der Waals surface area (Å²) >= 11 is 3.79. The highest BCUT2D eigenvalue weighted by Crippen LogP contribution is 2.47. The molecule has 1 amide bonds. The zero-order chi connectivity index (χ0) is 25.3. The van der Waals surface area contributed by atoms with Crippen molar-refractivity contribution in [3.63, 3.8) is 0 Å². The number of rotatable bonds is 10. The number of hydrogen-bond acceptors (Lipinski definition) is 7. The van der Waals surface area contributed by atoms with Crippen molar-refractivity contribution < 1.29 is 9.90 Å². The molecule has 0 radical (unpaired) electrons. The van der Waals surface area contributed by atoms with E-state index in [-0.39, 0.29) is 11.6 Å². The quantitative estimate of drug-likeness (QED) is 0.368. The van der Waals surface area contributed by atoms with Crippen molar-refractivity contribution in [1.82, 2.24) is 35.5 Å². The van der Waals surface area contributed by atoms with E-state index in [0.29, 0.717) is 18.8 Å². The molecule has 0 unspecified atom stereocenters. The topological polar surface area (TPSA) is 119 Å². The molecule has 2 aliphatic rings. The van der Waals surface area contributed by atoms with Crippen molar-refractivity contribution in [3.8, 4) is 0 Å². The fraction of sp³-hybridized carbons (Fsp3) is 0.462. The summed E-state index contributed by atoms with van der Waals surface area (Å²) in [4.78, 5) is 16.7. The zero-order valence-corrected chi connectivity index (χ0v) is 22.1. The number of carbonyl (C=O) groups is 1. The van der Waals surface area contributed by atoms with Crippen LogP contribution in [0.25, 0.3) is 4.48 Å². The number of aromatic nitrogens is 6. The van der Waals surface area contributed by atoms with Gasteiger partial charge in [0.25, 0.3) is 5.91 Å². The molecule has 0 aliphatic heterocycles. The van der Waals surface area contributed by atoms with Crippen LogP contribution in [0.5, 0.6) is 0 Å². The van der Waals surface area contributed by atoms with Gasteiger partial charge in [0, 0.05) is 35.8 Å². The standard InChI is InChI=1S/C26H30BrN7O2/c1-26(2,36)23-9-6-16(13-28-23)14-29-25(35)22-15-34(33-32-22)10-4-3-5-18-11-20-21(31-30-18)12-19(24(20)27)17-7-8-17/h6,9,11,13,15,17,36H,3-5,7-8,10,12,14H2,1-2H3,(H,29,35). The molecule has 0 bridgehead atoms. The van der Waals surface area contributed by atoms with Gasteiger partial charge in [-0.25, -0.2) is 0 Å². The van der Waals surface area contributed by atoms with Gasteiger partial charge in [0.2, 0.25) is 0 Å². The van der Waals surface area contributed by atoms with Crippen LogP contribution in [-0.4, -0.2) is 41.2 Å². The summed E-state index contributed by atoms with van der Waals surface area (Å²) in [6.07, 6.45) is 9.52. The molecule has 1 fully saturated rings. The lowest BCUT2D eigenvalue weighted by atomic mass is 10.0. The molecule has 0 spiro atoms. The van der Waals surface area contributed by atoms with E-state index < -0.39 is 5.60 Å². The molecular formula is C26H30BrN7O2. The summed E-state index contributed by atoms with van der Waals surface area (Å²) in [5.41, 5.74) is 5.49. The van der Waals surface area contributed by atoms with E-state index >= 15 is 0 Å². The third-order valence-electron chi connectivity index (χ3n) is 6.61. The van der Waals surface area contributed by atoms with Crippen LogP contribution < -0.4 is 5.32 Å². The second-order valence-electron chi connectivity index (χ2n) is 10.1. The fourth-order valence-electron chi connectivity index (χ4n) is 4.34. The maximum absolute atomic E-state index is 12.5. The molecule has 3 heterocycles. The van der Waals surface area contributed by atoms with E-state index in [4.69, 9.17) is 0 Å². The third-order valence-corrected chi connectivity index (χ3v) is 7.55. The van der Waals surface area contributed by atoms with Gasteiger partial charge >= 0.3 is 0 Å². The number of unbranched alkanes of at least 4 members (excludes halogenated alkanes) is 1. The van der Waals surface area contributed by atoms with Gasteiger partial charge in [-0.1, -0.05) is 27.2 Å². The van der Waals surface area contributed by atoms with Crippen molar-refractivity contribution in [1.29, 1.82) is 0 Å². The zero-order valence-electron chi connectivity index (χ0n) is 20.5. The summed E-state index contributed by atoms with van der Waals surface area (Å²) < 4.78 is 2.93. The molecule has 36 heavy (non-hydrogen) atoms. The summed E-state index contributed by atoms with van der Waals surface area (Å²) in [5.74, 6) is 0.445. The van der Waals surface area contributed by atoms with E-state index in [1.807, 2.05) is 6.07 Å². The Hall–Kier alpha value is -2.98. The lowest BCUT2D eigenvalue weighted by Gasteiger charge is -2.16. The molecule has 10 heteroatoms. The first-order valence-corrected chi connectivity index (χ1v) is 13.2. The Labute approximate surface area is 218 Å². The summed E-state index contributed by atoms with van der Waals surface area (Å²) in [6, 6.07) is 5.77. The summed E-state index contributed by atoms with van der Waals surface area (Å²) in [6.45, 7) is 4.36. The van der Waals surface area contributed by atoms with Crippen LogP contribution in [0.1, 0.15) is 78.2 Å². The molecular weight excluding hydrogens is 522 g/mol. The van der Waals surface area contributed by atoms with E-state index in [1.165, 1.54) is 28.5 Å². The number of aliphatic hydroxyl groups is 1. The van der Waals surface area contributed by atoms with Crippen molar-refractivity contribution in [2.24, 2.45) is 5.92 Å². The Bertz CT molecular complexity index is 1290. The normalized spacial score (nSPS) is 15.3. The Kier molecular flexibility index (Phi) is 6.98. The van der Waals surface area contributed by atoms with E-state index in [0.717, 1.165) is 48.6 Å². The molecule has 0 aromatic carbocycles. The molecule has 188 valence electrons. The minimum atomic E-state index is -0.997. The first kappa shape index (κ1) is 24.7. The molecule has 2 aliphatic carbocycles. The summed E-state index contributed by atoms with van der Waals surface area (Å²) in [5, 5.41) is 29.8. The van der Waals surface area contributed by atoms with E-state index in [2.05, 4.69) is 52.8 Å². The predicted octanol–water partition coefficient (Wildman–Crippen LogP) is 3.72. The average molecular weight is 552 g/mol. The fourth-order valence-corrected chi connectivity index (χ4v) is 5.15. The molecule has 1 saturated carbocycles. The average Bonchev–Trinajstić information content (AvgIpc) is 3.50. The second-order valence-corrected chi connectivity index (χ2v) is 10.9. The van der Waals surface area contributed by atoms with Crippen LogP contribution >= 0.6 is 15.9 Å². The van der Waals surface area contributed by atoms with Crippen LogP contribution in [0.3, 0.4) is 0 Å². The van der Waals surface area contributed by atoms with E-state index in [1.54, 1.807) is 37.0 Å². The summed E-state index contributed by atoms with van der Waals surface area (Å²) in [7, 11) is 0. The first-order valence-electron chi connectivity index (χ1n) is 12.4. The number of halogens is 1. The Balaban J connectivity index is 1.07. The highest BCUT2D eigenvalue weighted by molar-refractivity contribution is 9.15. The maximum atomic E-state index is 12.5. The van der Waals surface area contributed by atoms with Gasteiger partial charge < -0.3 is 10.4 Å². The highest BCUT2D eigenvalue weighted by atomic mass is 79.9. The van der Waals surface area contributed by atoms with Gasteiger partial charge in [0.1, 0.15) is 5.60 Å².